The monoisotopic (exact) mass is 455 g/mol. The average Bonchev–Trinajstić information content (AvgIpc) is 2.78. The summed E-state index contributed by atoms with van der Waals surface area (Å²) in [5.74, 6) is 1.10. The van der Waals surface area contributed by atoms with E-state index in [0.717, 1.165) is 11.3 Å². The van der Waals surface area contributed by atoms with Crippen LogP contribution in [0.3, 0.4) is 0 Å². The summed E-state index contributed by atoms with van der Waals surface area (Å²) in [6.07, 6.45) is 3.02. The third-order valence-corrected chi connectivity index (χ3v) is 4.98. The SMILES string of the molecule is CC(C)C(=O)Nc1ccc(COc2cnc(N3CCN(C(=O)OC(C)(C)C)CC3)nc2)cc1. The molecular formula is C24H33N5O4. The molecule has 0 bridgehead atoms. The van der Waals surface area contributed by atoms with Gasteiger partial charge < -0.3 is 24.6 Å². The molecule has 3 rings (SSSR count). The molecule has 1 N–H and O–H groups in total. The van der Waals surface area contributed by atoms with Crippen LogP contribution in [-0.2, 0) is 16.1 Å². The van der Waals surface area contributed by atoms with Gasteiger partial charge in [0.05, 0.1) is 12.4 Å². The quantitative estimate of drug-likeness (QED) is 0.709. The number of nitrogens with zero attached hydrogens (tertiary/aromatic N) is 4. The summed E-state index contributed by atoms with van der Waals surface area (Å²) in [5.41, 5.74) is 1.23. The largest absolute Gasteiger partial charge is 0.486 e. The van der Waals surface area contributed by atoms with E-state index in [1.807, 2.05) is 63.8 Å². The Balaban J connectivity index is 1.46. The minimum Gasteiger partial charge on any atom is -0.486 e. The van der Waals surface area contributed by atoms with Crippen LogP contribution >= 0.6 is 0 Å². The molecule has 0 radical (unpaired) electrons. The Morgan fingerprint density at radius 3 is 2.18 bits per heavy atom. The number of piperazine rings is 1. The standard InChI is InChI=1S/C24H33N5O4/c1-17(2)21(30)27-19-8-6-18(7-9-19)16-32-20-14-25-22(26-15-20)28-10-12-29(13-11-28)23(31)33-24(3,4)5/h6-9,14-15,17H,10-13,16H2,1-5H3,(H,27,30). The first-order valence-electron chi connectivity index (χ1n) is 11.2. The lowest BCUT2D eigenvalue weighted by Crippen LogP contribution is -2.50. The van der Waals surface area contributed by atoms with Gasteiger partial charge in [-0.3, -0.25) is 4.79 Å². The number of carbonyl (C=O) groups is 2. The van der Waals surface area contributed by atoms with Gasteiger partial charge in [-0.2, -0.15) is 0 Å². The van der Waals surface area contributed by atoms with Crippen molar-refractivity contribution in [2.75, 3.05) is 36.4 Å². The van der Waals surface area contributed by atoms with Crippen LogP contribution in [0, 0.1) is 5.92 Å². The lowest BCUT2D eigenvalue weighted by atomic mass is 10.2. The van der Waals surface area contributed by atoms with Gasteiger partial charge in [0.2, 0.25) is 11.9 Å². The van der Waals surface area contributed by atoms with Gasteiger partial charge in [0.1, 0.15) is 12.2 Å². The lowest BCUT2D eigenvalue weighted by molar-refractivity contribution is -0.118. The molecule has 0 spiro atoms. The highest BCUT2D eigenvalue weighted by molar-refractivity contribution is 5.92. The first-order chi connectivity index (χ1) is 15.6. The number of anilines is 2. The van der Waals surface area contributed by atoms with Crippen molar-refractivity contribution in [1.82, 2.24) is 14.9 Å². The molecule has 2 aromatic rings. The zero-order valence-corrected chi connectivity index (χ0v) is 20.0. The van der Waals surface area contributed by atoms with Crippen LogP contribution in [0.5, 0.6) is 5.75 Å². The molecule has 33 heavy (non-hydrogen) atoms. The predicted molar refractivity (Wildman–Crippen MR) is 126 cm³/mol. The Bertz CT molecular complexity index is 931. The van der Waals surface area contributed by atoms with E-state index in [1.165, 1.54) is 0 Å². The molecular weight excluding hydrogens is 422 g/mol. The molecule has 0 aliphatic carbocycles. The zero-order chi connectivity index (χ0) is 24.0. The van der Waals surface area contributed by atoms with Crippen molar-refractivity contribution in [3.05, 3.63) is 42.2 Å². The number of hydrogen-bond acceptors (Lipinski definition) is 7. The first kappa shape index (κ1) is 24.3. The second-order valence-electron chi connectivity index (χ2n) is 9.30. The highest BCUT2D eigenvalue weighted by Gasteiger charge is 2.26. The number of aromatic nitrogens is 2. The van der Waals surface area contributed by atoms with Gasteiger partial charge in [-0.25, -0.2) is 14.8 Å². The average molecular weight is 456 g/mol. The fourth-order valence-corrected chi connectivity index (χ4v) is 3.10. The van der Waals surface area contributed by atoms with Crippen molar-refractivity contribution < 1.29 is 19.1 Å². The van der Waals surface area contributed by atoms with Crippen molar-refractivity contribution in [2.45, 2.75) is 46.8 Å². The van der Waals surface area contributed by atoms with Crippen LogP contribution in [0.25, 0.3) is 0 Å². The van der Waals surface area contributed by atoms with Gasteiger partial charge in [0, 0.05) is 37.8 Å². The van der Waals surface area contributed by atoms with Gasteiger partial charge in [-0.1, -0.05) is 26.0 Å². The summed E-state index contributed by atoms with van der Waals surface area (Å²) in [6, 6.07) is 7.54. The van der Waals surface area contributed by atoms with Crippen molar-refractivity contribution in [2.24, 2.45) is 5.92 Å². The third kappa shape index (κ3) is 7.34. The van der Waals surface area contributed by atoms with Crippen molar-refractivity contribution >= 4 is 23.6 Å². The maximum Gasteiger partial charge on any atom is 0.410 e. The fraction of sp³-hybridized carbons (Fsp3) is 0.500. The number of hydrogen-bond donors (Lipinski definition) is 1. The summed E-state index contributed by atoms with van der Waals surface area (Å²) in [5, 5.41) is 2.87. The van der Waals surface area contributed by atoms with Gasteiger partial charge in [0.15, 0.2) is 5.75 Å². The van der Waals surface area contributed by atoms with Crippen molar-refractivity contribution in [1.29, 1.82) is 0 Å². The van der Waals surface area contributed by atoms with Crippen molar-refractivity contribution in [3.8, 4) is 5.75 Å². The molecule has 9 heteroatoms. The lowest BCUT2D eigenvalue weighted by Gasteiger charge is -2.35. The number of carbonyl (C=O) groups excluding carboxylic acids is 2. The molecule has 0 saturated carbocycles. The van der Waals surface area contributed by atoms with Gasteiger partial charge >= 0.3 is 6.09 Å². The predicted octanol–water partition coefficient (Wildman–Crippen LogP) is 3.71. The number of nitrogens with one attached hydrogen (secondary N) is 1. The summed E-state index contributed by atoms with van der Waals surface area (Å²) >= 11 is 0. The molecule has 2 amide bonds. The van der Waals surface area contributed by atoms with Crippen LogP contribution in [-0.4, -0.2) is 58.6 Å². The summed E-state index contributed by atoms with van der Waals surface area (Å²) in [4.78, 5) is 36.5. The van der Waals surface area contributed by atoms with Crippen LogP contribution in [0.2, 0.25) is 0 Å². The van der Waals surface area contributed by atoms with E-state index in [9.17, 15) is 9.59 Å². The van der Waals surface area contributed by atoms with E-state index >= 15 is 0 Å². The van der Waals surface area contributed by atoms with Gasteiger partial charge in [-0.05, 0) is 38.5 Å². The maximum atomic E-state index is 12.2. The first-order valence-corrected chi connectivity index (χ1v) is 11.2. The second kappa shape index (κ2) is 10.5. The molecule has 1 aromatic heterocycles. The number of ether oxygens (including phenoxy) is 2. The van der Waals surface area contributed by atoms with Gasteiger partial charge in [0.25, 0.3) is 0 Å². The van der Waals surface area contributed by atoms with E-state index in [-0.39, 0.29) is 17.9 Å². The van der Waals surface area contributed by atoms with Crippen LogP contribution in [0.4, 0.5) is 16.4 Å². The van der Waals surface area contributed by atoms with E-state index in [2.05, 4.69) is 15.3 Å². The molecule has 9 nitrogen and oxygen atoms in total. The minimum absolute atomic E-state index is 0.0116. The Morgan fingerprint density at radius 2 is 1.64 bits per heavy atom. The number of amides is 2. The van der Waals surface area contributed by atoms with E-state index in [4.69, 9.17) is 9.47 Å². The molecule has 1 aromatic carbocycles. The Kier molecular flexibility index (Phi) is 7.73. The maximum absolute atomic E-state index is 12.2. The molecule has 1 aliphatic heterocycles. The Morgan fingerprint density at radius 1 is 1.03 bits per heavy atom. The fourth-order valence-electron chi connectivity index (χ4n) is 3.10. The summed E-state index contributed by atoms with van der Waals surface area (Å²) < 4.78 is 11.2. The minimum atomic E-state index is -0.501. The van der Waals surface area contributed by atoms with E-state index in [1.54, 1.807) is 17.3 Å². The number of benzene rings is 1. The van der Waals surface area contributed by atoms with E-state index in [0.29, 0.717) is 44.5 Å². The molecule has 0 unspecified atom stereocenters. The molecule has 2 heterocycles. The molecule has 1 fully saturated rings. The topological polar surface area (TPSA) is 96.9 Å². The second-order valence-corrected chi connectivity index (χ2v) is 9.30. The Hall–Kier alpha value is -3.36. The zero-order valence-electron chi connectivity index (χ0n) is 20.0. The highest BCUT2D eigenvalue weighted by Crippen LogP contribution is 2.18. The summed E-state index contributed by atoms with van der Waals surface area (Å²) in [7, 11) is 0. The normalized spacial score (nSPS) is 14.2. The van der Waals surface area contributed by atoms with Crippen LogP contribution in [0.1, 0.15) is 40.2 Å². The summed E-state index contributed by atoms with van der Waals surface area (Å²) in [6.45, 7) is 12.1. The smallest absolute Gasteiger partial charge is 0.410 e. The number of rotatable bonds is 6. The van der Waals surface area contributed by atoms with Crippen molar-refractivity contribution in [3.63, 3.8) is 0 Å². The highest BCUT2D eigenvalue weighted by atomic mass is 16.6. The van der Waals surface area contributed by atoms with E-state index < -0.39 is 5.60 Å². The molecule has 0 atom stereocenters. The van der Waals surface area contributed by atoms with Gasteiger partial charge in [-0.15, -0.1) is 0 Å². The molecule has 178 valence electrons. The van der Waals surface area contributed by atoms with Crippen LogP contribution in [0.15, 0.2) is 36.7 Å². The molecule has 1 saturated heterocycles. The molecule has 1 aliphatic rings. The van der Waals surface area contributed by atoms with Crippen LogP contribution < -0.4 is 15.0 Å². The third-order valence-electron chi connectivity index (χ3n) is 4.98. The Labute approximate surface area is 195 Å².